The molecule has 0 amide bonds. The fourth-order valence-corrected chi connectivity index (χ4v) is 7.76. The van der Waals surface area contributed by atoms with Gasteiger partial charge in [-0.2, -0.15) is 0 Å². The molecule has 9 rings (SSSR count). The van der Waals surface area contributed by atoms with Crippen LogP contribution in [-0.2, 0) is 6.42 Å². The predicted octanol–water partition coefficient (Wildman–Crippen LogP) is 12.6. The Labute approximate surface area is 293 Å². The van der Waals surface area contributed by atoms with E-state index in [1.54, 1.807) is 0 Å². The standard InChI is InChI=1S/C47H38N2O/c1-2-3-13-32-22-29-46-43(30-32)48-47(50-46)34-25-23-33(24-26-34)37-16-7-9-18-39(37)40-19-10-8-17-38(40)35-27-28-45-42(31-35)41-20-11-12-21-44(41)49(45)36-14-5-4-6-15-36/h4-12,14-31,41,44H,2-3,13H2,1H3. The fraction of sp³-hybridized carbons (Fsp3) is 0.128. The van der Waals surface area contributed by atoms with Crippen LogP contribution in [0.25, 0.3) is 55.9 Å². The zero-order valence-corrected chi connectivity index (χ0v) is 28.2. The smallest absolute Gasteiger partial charge is 0.227 e. The van der Waals surface area contributed by atoms with Crippen molar-refractivity contribution in [3.05, 3.63) is 175 Å². The number of anilines is 2. The lowest BCUT2D eigenvalue weighted by Crippen LogP contribution is -2.28. The molecule has 0 radical (unpaired) electrons. The summed E-state index contributed by atoms with van der Waals surface area (Å²) in [4.78, 5) is 7.35. The average molecular weight is 647 g/mol. The molecule has 6 aromatic carbocycles. The number of aromatic nitrogens is 1. The van der Waals surface area contributed by atoms with Crippen molar-refractivity contribution in [3.63, 3.8) is 0 Å². The number of rotatable bonds is 8. The van der Waals surface area contributed by atoms with E-state index in [-0.39, 0.29) is 6.04 Å². The molecule has 0 spiro atoms. The topological polar surface area (TPSA) is 29.3 Å². The molecule has 0 bridgehead atoms. The summed E-state index contributed by atoms with van der Waals surface area (Å²) in [6, 6.07) is 50.6. The molecule has 1 aliphatic carbocycles. The number of para-hydroxylation sites is 1. The largest absolute Gasteiger partial charge is 0.436 e. The number of allylic oxidation sites excluding steroid dienone is 2. The van der Waals surface area contributed by atoms with Crippen molar-refractivity contribution in [2.45, 2.75) is 38.1 Å². The van der Waals surface area contributed by atoms with Gasteiger partial charge in [0.25, 0.3) is 0 Å². The van der Waals surface area contributed by atoms with Gasteiger partial charge >= 0.3 is 0 Å². The molecule has 50 heavy (non-hydrogen) atoms. The van der Waals surface area contributed by atoms with Gasteiger partial charge < -0.3 is 9.32 Å². The van der Waals surface area contributed by atoms with Crippen LogP contribution in [0.1, 0.15) is 36.8 Å². The van der Waals surface area contributed by atoms with Crippen molar-refractivity contribution in [1.82, 2.24) is 4.98 Å². The van der Waals surface area contributed by atoms with Crippen LogP contribution in [0, 0.1) is 0 Å². The summed E-state index contributed by atoms with van der Waals surface area (Å²) in [7, 11) is 0. The van der Waals surface area contributed by atoms with Crippen LogP contribution in [0.2, 0.25) is 0 Å². The molecule has 0 saturated heterocycles. The maximum absolute atomic E-state index is 6.19. The van der Waals surface area contributed by atoms with Gasteiger partial charge in [-0.15, -0.1) is 0 Å². The number of nitrogens with zero attached hydrogens (tertiary/aromatic N) is 2. The number of oxazole rings is 1. The molecule has 242 valence electrons. The van der Waals surface area contributed by atoms with E-state index >= 15 is 0 Å². The third-order valence-corrected chi connectivity index (χ3v) is 10.3. The van der Waals surface area contributed by atoms with Gasteiger partial charge in [0.15, 0.2) is 5.58 Å². The van der Waals surface area contributed by atoms with Crippen molar-refractivity contribution in [3.8, 4) is 44.8 Å². The van der Waals surface area contributed by atoms with E-state index in [0.29, 0.717) is 11.8 Å². The lowest BCUT2D eigenvalue weighted by atomic mass is 9.86. The maximum Gasteiger partial charge on any atom is 0.227 e. The van der Waals surface area contributed by atoms with E-state index in [1.165, 1.54) is 63.2 Å². The van der Waals surface area contributed by atoms with Gasteiger partial charge in [-0.05, 0) is 106 Å². The first-order valence-corrected chi connectivity index (χ1v) is 17.8. The van der Waals surface area contributed by atoms with Crippen LogP contribution in [-0.4, -0.2) is 11.0 Å². The Morgan fingerprint density at radius 3 is 2.04 bits per heavy atom. The van der Waals surface area contributed by atoms with Gasteiger partial charge in [0.2, 0.25) is 5.89 Å². The van der Waals surface area contributed by atoms with E-state index in [4.69, 9.17) is 9.40 Å². The molecule has 7 aromatic rings. The SMILES string of the molecule is CCCCc1ccc2oc(-c3ccc(-c4ccccc4-c4ccccc4-c4ccc5c(c4)C4C=CC=CC4N5c4ccccc4)cc3)nc2c1. The summed E-state index contributed by atoms with van der Waals surface area (Å²) < 4.78 is 6.19. The summed E-state index contributed by atoms with van der Waals surface area (Å²) in [5.41, 5.74) is 15.2. The number of fused-ring (bicyclic) bond motifs is 4. The molecule has 3 heteroatoms. The lowest BCUT2D eigenvalue weighted by molar-refractivity contribution is 0.620. The second-order valence-corrected chi connectivity index (χ2v) is 13.4. The average Bonchev–Trinajstić information content (AvgIpc) is 3.76. The Morgan fingerprint density at radius 2 is 1.28 bits per heavy atom. The first-order chi connectivity index (χ1) is 24.7. The molecule has 0 N–H and O–H groups in total. The second-order valence-electron chi connectivity index (χ2n) is 13.4. The highest BCUT2D eigenvalue weighted by molar-refractivity contribution is 5.93. The summed E-state index contributed by atoms with van der Waals surface area (Å²) in [5, 5.41) is 0. The highest BCUT2D eigenvalue weighted by Gasteiger charge is 2.37. The van der Waals surface area contributed by atoms with Gasteiger partial charge in [-0.1, -0.05) is 129 Å². The van der Waals surface area contributed by atoms with E-state index in [9.17, 15) is 0 Å². The number of hydrogen-bond acceptors (Lipinski definition) is 3. The zero-order valence-electron chi connectivity index (χ0n) is 28.2. The maximum atomic E-state index is 6.19. The molecule has 2 heterocycles. The highest BCUT2D eigenvalue weighted by Crippen LogP contribution is 2.49. The van der Waals surface area contributed by atoms with Crippen molar-refractivity contribution in [1.29, 1.82) is 0 Å². The minimum absolute atomic E-state index is 0.268. The van der Waals surface area contributed by atoms with Crippen molar-refractivity contribution < 1.29 is 4.42 Å². The first-order valence-electron chi connectivity index (χ1n) is 17.8. The minimum atomic E-state index is 0.268. The molecule has 1 aromatic heterocycles. The number of hydrogen-bond donors (Lipinski definition) is 0. The molecule has 3 nitrogen and oxygen atoms in total. The molecular formula is C47H38N2O. The predicted molar refractivity (Wildman–Crippen MR) is 208 cm³/mol. The van der Waals surface area contributed by atoms with Crippen LogP contribution in [0.3, 0.4) is 0 Å². The molecule has 0 fully saturated rings. The normalized spacial score (nSPS) is 16.1. The van der Waals surface area contributed by atoms with Crippen molar-refractivity contribution >= 4 is 22.5 Å². The van der Waals surface area contributed by atoms with Gasteiger partial charge in [-0.25, -0.2) is 4.98 Å². The third kappa shape index (κ3) is 5.36. The van der Waals surface area contributed by atoms with Gasteiger partial charge in [0.05, 0.1) is 6.04 Å². The Bertz CT molecular complexity index is 2380. The van der Waals surface area contributed by atoms with Crippen LogP contribution >= 0.6 is 0 Å². The zero-order chi connectivity index (χ0) is 33.4. The first kappa shape index (κ1) is 30.2. The Hall–Kier alpha value is -5.93. The van der Waals surface area contributed by atoms with Crippen LogP contribution in [0.4, 0.5) is 11.4 Å². The molecule has 0 saturated carbocycles. The minimum Gasteiger partial charge on any atom is -0.436 e. The van der Waals surface area contributed by atoms with E-state index in [2.05, 4.69) is 176 Å². The van der Waals surface area contributed by atoms with E-state index in [0.717, 1.165) is 28.6 Å². The fourth-order valence-electron chi connectivity index (χ4n) is 7.76. The molecule has 1 aliphatic heterocycles. The quantitative estimate of drug-likeness (QED) is 0.165. The van der Waals surface area contributed by atoms with Gasteiger partial charge in [0, 0.05) is 22.9 Å². The number of benzene rings is 6. The molecule has 2 unspecified atom stereocenters. The monoisotopic (exact) mass is 646 g/mol. The summed E-state index contributed by atoms with van der Waals surface area (Å²) in [5.74, 6) is 0.961. The third-order valence-electron chi connectivity index (χ3n) is 10.3. The Kier molecular flexibility index (Phi) is 7.74. The Balaban J connectivity index is 1.06. The summed E-state index contributed by atoms with van der Waals surface area (Å²) >= 11 is 0. The van der Waals surface area contributed by atoms with Crippen LogP contribution in [0.5, 0.6) is 0 Å². The van der Waals surface area contributed by atoms with Crippen LogP contribution in [0.15, 0.2) is 168 Å². The summed E-state index contributed by atoms with van der Waals surface area (Å²) in [6.07, 6.45) is 12.5. The molecular weight excluding hydrogens is 609 g/mol. The highest BCUT2D eigenvalue weighted by atomic mass is 16.3. The van der Waals surface area contributed by atoms with Gasteiger partial charge in [-0.3, -0.25) is 0 Å². The number of unbranched alkanes of at least 4 members (excludes halogenated alkanes) is 1. The van der Waals surface area contributed by atoms with Gasteiger partial charge in [0.1, 0.15) is 5.52 Å². The molecule has 2 atom stereocenters. The van der Waals surface area contributed by atoms with Crippen molar-refractivity contribution in [2.24, 2.45) is 0 Å². The second kappa shape index (κ2) is 12.8. The molecule has 2 aliphatic rings. The summed E-state index contributed by atoms with van der Waals surface area (Å²) in [6.45, 7) is 2.22. The van der Waals surface area contributed by atoms with E-state index in [1.807, 2.05) is 0 Å². The van der Waals surface area contributed by atoms with E-state index < -0.39 is 0 Å². The van der Waals surface area contributed by atoms with Crippen LogP contribution < -0.4 is 4.90 Å². The Morgan fingerprint density at radius 1 is 0.620 bits per heavy atom. The lowest BCUT2D eigenvalue weighted by Gasteiger charge is -2.28. The number of aryl methyl sites for hydroxylation is 1. The van der Waals surface area contributed by atoms with Crippen molar-refractivity contribution in [2.75, 3.05) is 4.90 Å².